The monoisotopic (exact) mass is 525 g/mol. The molecule has 0 aliphatic rings. The van der Waals surface area contributed by atoms with Gasteiger partial charge in [-0.15, -0.1) is 0 Å². The minimum absolute atomic E-state index is 0.613. The molecule has 6 aromatic rings. The van der Waals surface area contributed by atoms with Crippen molar-refractivity contribution in [2.75, 3.05) is 0 Å². The van der Waals surface area contributed by atoms with Gasteiger partial charge in [-0.25, -0.2) is 0 Å². The summed E-state index contributed by atoms with van der Waals surface area (Å²) in [5, 5.41) is 0. The van der Waals surface area contributed by atoms with Crippen LogP contribution in [0.2, 0.25) is 0 Å². The van der Waals surface area contributed by atoms with Crippen LogP contribution < -0.4 is 0 Å². The van der Waals surface area contributed by atoms with Gasteiger partial charge < -0.3 is 0 Å². The Balaban J connectivity index is 1.26. The Bertz CT molecular complexity index is 1730. The molecule has 0 amide bonds. The largest absolute Gasteiger partial charge is 0.280 e. The number of hydrogen-bond donors (Lipinski definition) is 0. The summed E-state index contributed by atoms with van der Waals surface area (Å²) < 4.78 is 0. The molecule has 0 aromatic heterocycles. The van der Waals surface area contributed by atoms with Crippen LogP contribution in [0.3, 0.4) is 0 Å². The molecule has 1 nitrogen and oxygen atoms in total. The Labute approximate surface area is 242 Å². The van der Waals surface area contributed by atoms with Crippen molar-refractivity contribution in [2.45, 2.75) is 6.54 Å². The summed E-state index contributed by atoms with van der Waals surface area (Å²) in [5.41, 5.74) is 11.7. The van der Waals surface area contributed by atoms with Crippen LogP contribution in [0.5, 0.6) is 0 Å². The van der Waals surface area contributed by atoms with E-state index in [4.69, 9.17) is 4.99 Å². The second kappa shape index (κ2) is 12.7. The van der Waals surface area contributed by atoms with Crippen LogP contribution in [0, 0.1) is 0 Å². The zero-order chi connectivity index (χ0) is 27.7. The Morgan fingerprint density at radius 1 is 0.415 bits per heavy atom. The van der Waals surface area contributed by atoms with Gasteiger partial charge in [-0.1, -0.05) is 170 Å². The molecular weight excluding hydrogens is 494 g/mol. The van der Waals surface area contributed by atoms with Crippen molar-refractivity contribution in [1.29, 1.82) is 0 Å². The maximum atomic E-state index is 5.08. The minimum Gasteiger partial charge on any atom is -0.280 e. The Hall–Kier alpha value is -5.27. The SMILES string of the molecule is C(=C\c1ccc(-c2ccccc2)cc1)/C(=N\Cc1ccc(-c2ccccc2)cc1)c1ccc(-c2ccccc2)cc1. The number of allylic oxidation sites excluding steroid dienone is 1. The van der Waals surface area contributed by atoms with Gasteiger partial charge in [0.25, 0.3) is 0 Å². The van der Waals surface area contributed by atoms with Gasteiger partial charge in [0.15, 0.2) is 0 Å². The predicted molar refractivity (Wildman–Crippen MR) is 175 cm³/mol. The first-order valence-electron chi connectivity index (χ1n) is 14.0. The van der Waals surface area contributed by atoms with Crippen molar-refractivity contribution in [3.63, 3.8) is 0 Å². The molecular formula is C40H31N. The van der Waals surface area contributed by atoms with E-state index in [1.54, 1.807) is 0 Å². The van der Waals surface area contributed by atoms with Crippen molar-refractivity contribution in [2.24, 2.45) is 4.99 Å². The Kier molecular flexibility index (Phi) is 8.06. The fourth-order valence-corrected chi connectivity index (χ4v) is 4.91. The average Bonchev–Trinajstić information content (AvgIpc) is 3.07. The number of aliphatic imine (C=N–C) groups is 1. The van der Waals surface area contributed by atoms with E-state index in [9.17, 15) is 0 Å². The second-order valence-electron chi connectivity index (χ2n) is 10.0. The van der Waals surface area contributed by atoms with Crippen molar-refractivity contribution in [3.05, 3.63) is 187 Å². The number of benzene rings is 6. The van der Waals surface area contributed by atoms with Gasteiger partial charge in [-0.2, -0.15) is 0 Å². The number of rotatable bonds is 8. The molecule has 0 bridgehead atoms. The predicted octanol–water partition coefficient (Wildman–Crippen LogP) is 10.4. The summed E-state index contributed by atoms with van der Waals surface area (Å²) in [5.74, 6) is 0. The van der Waals surface area contributed by atoms with E-state index in [1.807, 2.05) is 18.2 Å². The summed E-state index contributed by atoms with van der Waals surface area (Å²) in [6, 6.07) is 57.5. The third-order valence-electron chi connectivity index (χ3n) is 7.23. The topological polar surface area (TPSA) is 12.4 Å². The van der Waals surface area contributed by atoms with E-state index < -0.39 is 0 Å². The molecule has 0 N–H and O–H groups in total. The standard InChI is InChI=1S/C40H31N/c1-4-10-33(11-5-1)36-21-16-31(17-22-36)20-29-40(39-27-25-38(26-28-39)35-14-8-3-9-15-35)41-30-32-18-23-37(24-19-32)34-12-6-2-7-13-34/h1-29H,30H2/b29-20+,41-40+. The number of hydrogen-bond acceptors (Lipinski definition) is 1. The summed E-state index contributed by atoms with van der Waals surface area (Å²) >= 11 is 0. The van der Waals surface area contributed by atoms with E-state index in [1.165, 1.54) is 38.9 Å². The van der Waals surface area contributed by atoms with Gasteiger partial charge in [0.2, 0.25) is 0 Å². The first-order chi connectivity index (χ1) is 20.3. The van der Waals surface area contributed by atoms with Gasteiger partial charge in [-0.05, 0) is 56.1 Å². The van der Waals surface area contributed by atoms with Crippen LogP contribution >= 0.6 is 0 Å². The van der Waals surface area contributed by atoms with Crippen LogP contribution in [-0.4, -0.2) is 5.71 Å². The Morgan fingerprint density at radius 2 is 0.805 bits per heavy atom. The lowest BCUT2D eigenvalue weighted by Crippen LogP contribution is -1.98. The van der Waals surface area contributed by atoms with E-state index in [2.05, 4.69) is 158 Å². The third-order valence-corrected chi connectivity index (χ3v) is 7.23. The molecule has 0 saturated carbocycles. The fourth-order valence-electron chi connectivity index (χ4n) is 4.91. The van der Waals surface area contributed by atoms with Crippen LogP contribution in [-0.2, 0) is 6.54 Å². The maximum absolute atomic E-state index is 5.08. The van der Waals surface area contributed by atoms with E-state index >= 15 is 0 Å². The molecule has 6 aromatic carbocycles. The normalized spacial score (nSPS) is 11.6. The van der Waals surface area contributed by atoms with E-state index in [0.29, 0.717) is 6.54 Å². The van der Waals surface area contributed by atoms with Crippen molar-refractivity contribution in [1.82, 2.24) is 0 Å². The molecule has 0 unspecified atom stereocenters. The molecule has 0 fully saturated rings. The highest BCUT2D eigenvalue weighted by Gasteiger charge is 2.04. The molecule has 0 aliphatic heterocycles. The van der Waals surface area contributed by atoms with Crippen LogP contribution in [0.25, 0.3) is 39.5 Å². The van der Waals surface area contributed by atoms with Crippen molar-refractivity contribution in [3.8, 4) is 33.4 Å². The zero-order valence-electron chi connectivity index (χ0n) is 22.9. The summed E-state index contributed by atoms with van der Waals surface area (Å²) in [7, 11) is 0. The fraction of sp³-hybridized carbons (Fsp3) is 0.0250. The highest BCUT2D eigenvalue weighted by Crippen LogP contribution is 2.23. The molecule has 1 heteroatoms. The first-order valence-corrected chi connectivity index (χ1v) is 14.0. The van der Waals surface area contributed by atoms with Crippen LogP contribution in [0.15, 0.2) is 175 Å². The summed E-state index contributed by atoms with van der Waals surface area (Å²) in [6.45, 7) is 0.613. The number of nitrogens with zero attached hydrogens (tertiary/aromatic N) is 1. The smallest absolute Gasteiger partial charge is 0.0650 e. The lowest BCUT2D eigenvalue weighted by molar-refractivity contribution is 1.07. The molecule has 0 spiro atoms. The molecule has 196 valence electrons. The molecule has 0 atom stereocenters. The molecule has 0 heterocycles. The van der Waals surface area contributed by atoms with Gasteiger partial charge in [-0.3, -0.25) is 4.99 Å². The molecule has 0 radical (unpaired) electrons. The summed E-state index contributed by atoms with van der Waals surface area (Å²) in [6.07, 6.45) is 4.28. The van der Waals surface area contributed by atoms with Gasteiger partial charge in [0, 0.05) is 0 Å². The third kappa shape index (κ3) is 6.66. The minimum atomic E-state index is 0.613. The molecule has 0 aliphatic carbocycles. The molecule has 0 saturated heterocycles. The highest BCUT2D eigenvalue weighted by atomic mass is 14.7. The Morgan fingerprint density at radius 3 is 1.27 bits per heavy atom. The first kappa shape index (κ1) is 26.0. The molecule has 41 heavy (non-hydrogen) atoms. The average molecular weight is 526 g/mol. The maximum Gasteiger partial charge on any atom is 0.0650 e. The lowest BCUT2D eigenvalue weighted by Gasteiger charge is -2.07. The quantitative estimate of drug-likeness (QED) is 0.175. The second-order valence-corrected chi connectivity index (χ2v) is 10.0. The van der Waals surface area contributed by atoms with Gasteiger partial charge in [0.1, 0.15) is 0 Å². The van der Waals surface area contributed by atoms with Crippen molar-refractivity contribution < 1.29 is 0 Å². The van der Waals surface area contributed by atoms with Gasteiger partial charge >= 0.3 is 0 Å². The van der Waals surface area contributed by atoms with Crippen LogP contribution in [0.4, 0.5) is 0 Å². The lowest BCUT2D eigenvalue weighted by atomic mass is 10.0. The van der Waals surface area contributed by atoms with E-state index in [-0.39, 0.29) is 0 Å². The van der Waals surface area contributed by atoms with Gasteiger partial charge in [0.05, 0.1) is 12.3 Å². The zero-order valence-corrected chi connectivity index (χ0v) is 22.9. The molecule has 6 rings (SSSR count). The highest BCUT2D eigenvalue weighted by molar-refractivity contribution is 6.11. The van der Waals surface area contributed by atoms with E-state index in [0.717, 1.165) is 16.8 Å². The van der Waals surface area contributed by atoms with Crippen LogP contribution in [0.1, 0.15) is 16.7 Å². The van der Waals surface area contributed by atoms with Crippen molar-refractivity contribution >= 4 is 11.8 Å². The summed E-state index contributed by atoms with van der Waals surface area (Å²) in [4.78, 5) is 5.08.